The van der Waals surface area contributed by atoms with Crippen molar-refractivity contribution in [1.29, 1.82) is 0 Å². The Morgan fingerprint density at radius 2 is 2.33 bits per heavy atom. The van der Waals surface area contributed by atoms with Crippen molar-refractivity contribution in [2.75, 3.05) is 13.7 Å². The lowest BCUT2D eigenvalue weighted by Gasteiger charge is -2.18. The van der Waals surface area contributed by atoms with E-state index in [1.807, 2.05) is 13.8 Å². The number of ether oxygens (including phenoxy) is 1. The lowest BCUT2D eigenvalue weighted by atomic mass is 10.0. The van der Waals surface area contributed by atoms with Crippen LogP contribution in [0.4, 0.5) is 0 Å². The number of esters is 1. The van der Waals surface area contributed by atoms with Gasteiger partial charge in [-0.15, -0.1) is 5.10 Å². The molecule has 18 heavy (non-hydrogen) atoms. The molecule has 2 N–H and O–H groups in total. The molecule has 0 saturated carbocycles. The van der Waals surface area contributed by atoms with E-state index < -0.39 is 0 Å². The number of hydrogen-bond acceptors (Lipinski definition) is 6. The van der Waals surface area contributed by atoms with Crippen LogP contribution in [-0.4, -0.2) is 45.8 Å². The van der Waals surface area contributed by atoms with Gasteiger partial charge in [0.25, 0.3) is 0 Å². The fourth-order valence-electron chi connectivity index (χ4n) is 1.56. The Morgan fingerprint density at radius 3 is 2.89 bits per heavy atom. The van der Waals surface area contributed by atoms with Crippen molar-refractivity contribution in [3.8, 4) is 0 Å². The van der Waals surface area contributed by atoms with Gasteiger partial charge in [-0.05, 0) is 5.92 Å². The van der Waals surface area contributed by atoms with Crippen LogP contribution in [-0.2, 0) is 22.6 Å². The fraction of sp³-hybridized carbons (Fsp3) is 0.727. The van der Waals surface area contributed by atoms with Crippen LogP contribution in [0.15, 0.2) is 6.20 Å². The third-order valence-electron chi connectivity index (χ3n) is 2.54. The highest BCUT2D eigenvalue weighted by molar-refractivity contribution is 5.75. The minimum Gasteiger partial charge on any atom is -0.468 e. The minimum atomic E-state index is -0.363. The molecule has 1 aromatic rings. The summed E-state index contributed by atoms with van der Waals surface area (Å²) < 4.78 is 6.29. The average Bonchev–Trinajstić information content (AvgIpc) is 2.77. The third-order valence-corrected chi connectivity index (χ3v) is 2.54. The van der Waals surface area contributed by atoms with Gasteiger partial charge in [-0.3, -0.25) is 10.1 Å². The zero-order valence-electron chi connectivity index (χ0n) is 11.0. The van der Waals surface area contributed by atoms with Gasteiger partial charge in [-0.1, -0.05) is 19.1 Å². The molecule has 1 atom stereocenters. The average molecular weight is 256 g/mol. The highest BCUT2D eigenvalue weighted by Gasteiger charge is 2.22. The predicted molar refractivity (Wildman–Crippen MR) is 64.6 cm³/mol. The van der Waals surface area contributed by atoms with E-state index in [9.17, 15) is 4.79 Å². The molecule has 7 heteroatoms. The number of nitrogens with one attached hydrogen (secondary N) is 1. The Bertz CT molecular complexity index is 378. The highest BCUT2D eigenvalue weighted by Crippen LogP contribution is 2.04. The molecule has 0 bridgehead atoms. The van der Waals surface area contributed by atoms with Gasteiger partial charge in [0, 0.05) is 12.7 Å². The molecule has 1 heterocycles. The SMILES string of the molecule is COC(=O)C(NCc1cn(CCO)nn1)C(C)C. The van der Waals surface area contributed by atoms with Crippen LogP contribution in [0.1, 0.15) is 19.5 Å². The number of carbonyl (C=O) groups excluding carboxylic acids is 1. The predicted octanol–water partition coefficient (Wildman–Crippen LogP) is -0.442. The molecule has 0 saturated heterocycles. The number of rotatable bonds is 7. The van der Waals surface area contributed by atoms with E-state index >= 15 is 0 Å². The summed E-state index contributed by atoms with van der Waals surface area (Å²) in [5.74, 6) is -0.155. The van der Waals surface area contributed by atoms with E-state index in [2.05, 4.69) is 15.6 Å². The Morgan fingerprint density at radius 1 is 1.61 bits per heavy atom. The maximum absolute atomic E-state index is 11.5. The summed E-state index contributed by atoms with van der Waals surface area (Å²) >= 11 is 0. The molecule has 0 aliphatic rings. The monoisotopic (exact) mass is 256 g/mol. The molecule has 7 nitrogen and oxygen atoms in total. The number of methoxy groups -OCH3 is 1. The van der Waals surface area contributed by atoms with Crippen molar-refractivity contribution in [3.63, 3.8) is 0 Å². The molecule has 1 unspecified atom stereocenters. The van der Waals surface area contributed by atoms with E-state index in [4.69, 9.17) is 9.84 Å². The van der Waals surface area contributed by atoms with E-state index in [0.717, 1.165) is 5.69 Å². The van der Waals surface area contributed by atoms with Crippen LogP contribution < -0.4 is 5.32 Å². The second-order valence-corrected chi connectivity index (χ2v) is 4.32. The number of aliphatic hydroxyl groups excluding tert-OH is 1. The summed E-state index contributed by atoms with van der Waals surface area (Å²) in [4.78, 5) is 11.5. The minimum absolute atomic E-state index is 0.0208. The van der Waals surface area contributed by atoms with E-state index in [1.54, 1.807) is 10.9 Å². The van der Waals surface area contributed by atoms with Crippen molar-refractivity contribution in [1.82, 2.24) is 20.3 Å². The van der Waals surface area contributed by atoms with Crippen molar-refractivity contribution >= 4 is 5.97 Å². The van der Waals surface area contributed by atoms with Gasteiger partial charge in [0.2, 0.25) is 0 Å². The lowest BCUT2D eigenvalue weighted by Crippen LogP contribution is -2.41. The first-order valence-electron chi connectivity index (χ1n) is 5.89. The first-order chi connectivity index (χ1) is 8.58. The molecule has 1 rings (SSSR count). The van der Waals surface area contributed by atoms with Gasteiger partial charge in [-0.25, -0.2) is 4.68 Å². The number of hydrogen-bond donors (Lipinski definition) is 2. The van der Waals surface area contributed by atoms with Crippen LogP contribution in [0.2, 0.25) is 0 Å². The molecular formula is C11H20N4O3. The number of aromatic nitrogens is 3. The van der Waals surface area contributed by atoms with Crippen LogP contribution in [0.3, 0.4) is 0 Å². The van der Waals surface area contributed by atoms with Gasteiger partial charge in [0.15, 0.2) is 0 Å². The van der Waals surface area contributed by atoms with Crippen molar-refractivity contribution in [2.45, 2.75) is 33.0 Å². The van der Waals surface area contributed by atoms with Gasteiger partial charge >= 0.3 is 5.97 Å². The smallest absolute Gasteiger partial charge is 0.323 e. The zero-order valence-corrected chi connectivity index (χ0v) is 11.0. The summed E-state index contributed by atoms with van der Waals surface area (Å²) in [6.45, 7) is 4.75. The maximum Gasteiger partial charge on any atom is 0.323 e. The maximum atomic E-state index is 11.5. The Kier molecular flexibility index (Phi) is 5.73. The molecule has 0 fully saturated rings. The van der Waals surface area contributed by atoms with Gasteiger partial charge in [0.05, 0.1) is 26.0 Å². The summed E-state index contributed by atoms with van der Waals surface area (Å²) in [6, 6.07) is -0.363. The van der Waals surface area contributed by atoms with Gasteiger partial charge in [-0.2, -0.15) is 0 Å². The Balaban J connectivity index is 2.53. The van der Waals surface area contributed by atoms with E-state index in [0.29, 0.717) is 13.1 Å². The Labute approximate surface area is 106 Å². The van der Waals surface area contributed by atoms with Gasteiger partial charge in [0.1, 0.15) is 6.04 Å². The molecule has 1 aromatic heterocycles. The van der Waals surface area contributed by atoms with Crippen LogP contribution >= 0.6 is 0 Å². The van der Waals surface area contributed by atoms with Crippen LogP contribution in [0.25, 0.3) is 0 Å². The zero-order chi connectivity index (χ0) is 13.5. The standard InChI is InChI=1S/C11H20N4O3/c1-8(2)10(11(17)18-3)12-6-9-7-15(4-5-16)14-13-9/h7-8,10,12,16H,4-6H2,1-3H3. The number of carbonyl (C=O) groups is 1. The fourth-order valence-corrected chi connectivity index (χ4v) is 1.56. The highest BCUT2D eigenvalue weighted by atomic mass is 16.5. The summed E-state index contributed by atoms with van der Waals surface area (Å²) in [7, 11) is 1.37. The summed E-state index contributed by atoms with van der Waals surface area (Å²) in [6.07, 6.45) is 1.73. The second-order valence-electron chi connectivity index (χ2n) is 4.32. The topological polar surface area (TPSA) is 89.3 Å². The molecule has 102 valence electrons. The lowest BCUT2D eigenvalue weighted by molar-refractivity contribution is -0.144. The largest absolute Gasteiger partial charge is 0.468 e. The molecule has 0 amide bonds. The molecule has 0 aliphatic carbocycles. The number of aliphatic hydroxyl groups is 1. The second kappa shape index (κ2) is 7.07. The first kappa shape index (κ1) is 14.6. The molecule has 0 spiro atoms. The van der Waals surface area contributed by atoms with Gasteiger partial charge < -0.3 is 9.84 Å². The van der Waals surface area contributed by atoms with Crippen molar-refractivity contribution in [2.24, 2.45) is 5.92 Å². The quantitative estimate of drug-likeness (QED) is 0.643. The molecule has 0 aromatic carbocycles. The first-order valence-corrected chi connectivity index (χ1v) is 5.89. The number of nitrogens with zero attached hydrogens (tertiary/aromatic N) is 3. The Hall–Kier alpha value is -1.47. The van der Waals surface area contributed by atoms with Crippen LogP contribution in [0, 0.1) is 5.92 Å². The van der Waals surface area contributed by atoms with Crippen molar-refractivity contribution in [3.05, 3.63) is 11.9 Å². The van der Waals surface area contributed by atoms with E-state index in [-0.39, 0.29) is 24.5 Å². The normalized spacial score (nSPS) is 12.7. The molecule has 0 radical (unpaired) electrons. The van der Waals surface area contributed by atoms with Crippen LogP contribution in [0.5, 0.6) is 0 Å². The molecule has 0 aliphatic heterocycles. The summed E-state index contributed by atoms with van der Waals surface area (Å²) in [5, 5.41) is 19.6. The summed E-state index contributed by atoms with van der Waals surface area (Å²) in [5.41, 5.74) is 0.720. The van der Waals surface area contributed by atoms with E-state index in [1.165, 1.54) is 7.11 Å². The third kappa shape index (κ3) is 4.08. The molecular weight excluding hydrogens is 236 g/mol. The van der Waals surface area contributed by atoms with Crippen molar-refractivity contribution < 1.29 is 14.6 Å².